The van der Waals surface area contributed by atoms with Gasteiger partial charge in [-0.2, -0.15) is 4.98 Å². The zero-order chi connectivity index (χ0) is 21.2. The first-order valence-electron chi connectivity index (χ1n) is 11.3. The van der Waals surface area contributed by atoms with Crippen molar-refractivity contribution in [2.45, 2.75) is 25.4 Å². The fraction of sp³-hybridized carbons (Fsp3) is 0.500. The molecule has 0 amide bonds. The second-order valence-electron chi connectivity index (χ2n) is 8.71. The second-order valence-corrected chi connectivity index (χ2v) is 8.71. The molecule has 1 aromatic carbocycles. The number of hydrogen-bond acceptors (Lipinski definition) is 6. The van der Waals surface area contributed by atoms with Gasteiger partial charge in [-0.05, 0) is 30.5 Å². The molecule has 164 valence electrons. The van der Waals surface area contributed by atoms with Crippen molar-refractivity contribution < 1.29 is 4.74 Å². The van der Waals surface area contributed by atoms with Gasteiger partial charge in [0, 0.05) is 76.2 Å². The smallest absolute Gasteiger partial charge is 0.227 e. The first kappa shape index (κ1) is 20.3. The van der Waals surface area contributed by atoms with Crippen molar-refractivity contribution in [2.24, 2.45) is 7.05 Å². The topological polar surface area (TPSA) is 49.7 Å². The minimum atomic E-state index is 0.510. The highest BCUT2D eigenvalue weighted by Crippen LogP contribution is 2.26. The molecule has 0 atom stereocenters. The second kappa shape index (κ2) is 8.85. The SMILES string of the molecule is CN(c1ccnc(N2CCOCC2)n1)C1CCN(Cc2cn(C)c3ccccc23)CC1. The summed E-state index contributed by atoms with van der Waals surface area (Å²) in [5.74, 6) is 1.84. The number of likely N-dealkylation sites (tertiary alicyclic amines) is 1. The van der Waals surface area contributed by atoms with E-state index in [0.29, 0.717) is 6.04 Å². The molecule has 3 aromatic rings. The summed E-state index contributed by atoms with van der Waals surface area (Å²) in [5.41, 5.74) is 2.74. The maximum absolute atomic E-state index is 5.46. The van der Waals surface area contributed by atoms with Crippen LogP contribution in [-0.2, 0) is 18.3 Å². The number of nitrogens with zero attached hydrogens (tertiary/aromatic N) is 6. The summed E-state index contributed by atoms with van der Waals surface area (Å²) in [5, 5.41) is 1.38. The van der Waals surface area contributed by atoms with E-state index in [1.807, 2.05) is 12.3 Å². The predicted octanol–water partition coefficient (Wildman–Crippen LogP) is 2.91. The Morgan fingerprint density at radius 1 is 1.06 bits per heavy atom. The third-order valence-corrected chi connectivity index (χ3v) is 6.76. The Morgan fingerprint density at radius 2 is 1.84 bits per heavy atom. The summed E-state index contributed by atoms with van der Waals surface area (Å²) < 4.78 is 7.70. The fourth-order valence-electron chi connectivity index (χ4n) is 4.90. The molecule has 2 aliphatic heterocycles. The number of piperidine rings is 1. The molecule has 0 unspecified atom stereocenters. The average Bonchev–Trinajstić information content (AvgIpc) is 3.15. The summed E-state index contributed by atoms with van der Waals surface area (Å²) >= 11 is 0. The number of aromatic nitrogens is 3. The van der Waals surface area contributed by atoms with Gasteiger partial charge in [-0.25, -0.2) is 4.98 Å². The maximum Gasteiger partial charge on any atom is 0.227 e. The van der Waals surface area contributed by atoms with E-state index in [9.17, 15) is 0 Å². The van der Waals surface area contributed by atoms with E-state index in [0.717, 1.165) is 70.5 Å². The number of fused-ring (bicyclic) bond motifs is 1. The molecule has 31 heavy (non-hydrogen) atoms. The van der Waals surface area contributed by atoms with E-state index in [1.165, 1.54) is 16.5 Å². The van der Waals surface area contributed by atoms with Gasteiger partial charge in [-0.15, -0.1) is 0 Å². The van der Waals surface area contributed by atoms with Crippen molar-refractivity contribution in [1.29, 1.82) is 0 Å². The maximum atomic E-state index is 5.46. The molecule has 4 heterocycles. The number of ether oxygens (including phenoxy) is 1. The zero-order valence-corrected chi connectivity index (χ0v) is 18.6. The van der Waals surface area contributed by atoms with Gasteiger partial charge >= 0.3 is 0 Å². The summed E-state index contributed by atoms with van der Waals surface area (Å²) in [6, 6.07) is 11.2. The lowest BCUT2D eigenvalue weighted by Crippen LogP contribution is -2.43. The molecule has 2 aliphatic rings. The number of benzene rings is 1. The van der Waals surface area contributed by atoms with E-state index in [2.05, 4.69) is 68.8 Å². The highest BCUT2D eigenvalue weighted by atomic mass is 16.5. The third-order valence-electron chi connectivity index (χ3n) is 6.76. The zero-order valence-electron chi connectivity index (χ0n) is 18.6. The lowest BCUT2D eigenvalue weighted by atomic mass is 10.0. The van der Waals surface area contributed by atoms with E-state index >= 15 is 0 Å². The fourth-order valence-corrected chi connectivity index (χ4v) is 4.90. The predicted molar refractivity (Wildman–Crippen MR) is 125 cm³/mol. The first-order valence-corrected chi connectivity index (χ1v) is 11.3. The van der Waals surface area contributed by atoms with Crippen molar-refractivity contribution in [3.8, 4) is 0 Å². The molecule has 5 rings (SSSR count). The molecule has 0 aliphatic carbocycles. The Bertz CT molecular complexity index is 1020. The molecular weight excluding hydrogens is 388 g/mol. The molecule has 2 aromatic heterocycles. The van der Waals surface area contributed by atoms with Crippen LogP contribution in [0.25, 0.3) is 10.9 Å². The van der Waals surface area contributed by atoms with E-state index in [1.54, 1.807) is 0 Å². The van der Waals surface area contributed by atoms with Crippen molar-refractivity contribution in [1.82, 2.24) is 19.4 Å². The summed E-state index contributed by atoms with van der Waals surface area (Å²) in [6.07, 6.45) is 6.48. The van der Waals surface area contributed by atoms with Crippen molar-refractivity contribution in [2.75, 3.05) is 56.2 Å². The highest BCUT2D eigenvalue weighted by Gasteiger charge is 2.25. The number of para-hydroxylation sites is 1. The monoisotopic (exact) mass is 420 g/mol. The number of aryl methyl sites for hydroxylation is 1. The molecular formula is C24H32N6O. The molecule has 0 radical (unpaired) electrons. The van der Waals surface area contributed by atoms with Crippen LogP contribution in [0.4, 0.5) is 11.8 Å². The molecule has 0 bridgehead atoms. The van der Waals surface area contributed by atoms with Crippen LogP contribution >= 0.6 is 0 Å². The minimum absolute atomic E-state index is 0.510. The molecule has 2 fully saturated rings. The number of rotatable bonds is 5. The average molecular weight is 421 g/mol. The van der Waals surface area contributed by atoms with E-state index < -0.39 is 0 Å². The van der Waals surface area contributed by atoms with Crippen molar-refractivity contribution in [3.63, 3.8) is 0 Å². The van der Waals surface area contributed by atoms with Crippen LogP contribution in [0, 0.1) is 0 Å². The van der Waals surface area contributed by atoms with Gasteiger partial charge < -0.3 is 19.1 Å². The number of anilines is 2. The van der Waals surface area contributed by atoms with E-state index in [-0.39, 0.29) is 0 Å². The molecule has 2 saturated heterocycles. The third kappa shape index (κ3) is 4.25. The van der Waals surface area contributed by atoms with Gasteiger partial charge in [0.05, 0.1) is 13.2 Å². The Balaban J connectivity index is 1.21. The van der Waals surface area contributed by atoms with E-state index in [4.69, 9.17) is 9.72 Å². The minimum Gasteiger partial charge on any atom is -0.378 e. The summed E-state index contributed by atoms with van der Waals surface area (Å²) in [7, 11) is 4.32. The number of hydrogen-bond donors (Lipinski definition) is 0. The van der Waals surface area contributed by atoms with Crippen LogP contribution in [0.15, 0.2) is 42.7 Å². The van der Waals surface area contributed by atoms with Crippen molar-refractivity contribution in [3.05, 3.63) is 48.3 Å². The Morgan fingerprint density at radius 3 is 2.65 bits per heavy atom. The standard InChI is InChI=1S/C24H32N6O/c1-27-17-19(21-5-3-4-6-22(21)27)18-29-11-8-20(9-12-29)28(2)23-7-10-25-24(26-23)30-13-15-31-16-14-30/h3-7,10,17,20H,8-9,11-16,18H2,1-2H3. The lowest BCUT2D eigenvalue weighted by Gasteiger charge is -2.37. The lowest BCUT2D eigenvalue weighted by molar-refractivity contribution is 0.122. The Kier molecular flexibility index (Phi) is 5.78. The highest BCUT2D eigenvalue weighted by molar-refractivity contribution is 5.83. The van der Waals surface area contributed by atoms with Gasteiger partial charge in [-0.1, -0.05) is 18.2 Å². The molecule has 0 spiro atoms. The van der Waals surface area contributed by atoms with Crippen LogP contribution in [-0.4, -0.2) is 71.9 Å². The van der Waals surface area contributed by atoms with Gasteiger partial charge in [0.1, 0.15) is 5.82 Å². The summed E-state index contributed by atoms with van der Waals surface area (Å²) in [6.45, 7) is 6.46. The van der Waals surface area contributed by atoms with Crippen LogP contribution < -0.4 is 9.80 Å². The normalized spacial score (nSPS) is 18.6. The van der Waals surface area contributed by atoms with Gasteiger partial charge in [-0.3, -0.25) is 4.90 Å². The largest absolute Gasteiger partial charge is 0.378 e. The van der Waals surface area contributed by atoms with Crippen LogP contribution in [0.5, 0.6) is 0 Å². The first-order chi connectivity index (χ1) is 15.2. The van der Waals surface area contributed by atoms with Crippen LogP contribution in [0.1, 0.15) is 18.4 Å². The van der Waals surface area contributed by atoms with Crippen LogP contribution in [0.3, 0.4) is 0 Å². The Labute approximate surface area is 184 Å². The molecule has 0 saturated carbocycles. The van der Waals surface area contributed by atoms with Crippen molar-refractivity contribution >= 4 is 22.7 Å². The molecule has 7 nitrogen and oxygen atoms in total. The van der Waals surface area contributed by atoms with Gasteiger partial charge in [0.25, 0.3) is 0 Å². The summed E-state index contributed by atoms with van der Waals surface area (Å²) in [4.78, 5) is 16.5. The quantitative estimate of drug-likeness (QED) is 0.633. The molecule has 0 N–H and O–H groups in total. The molecule has 7 heteroatoms. The van der Waals surface area contributed by atoms with Gasteiger partial charge in [0.2, 0.25) is 5.95 Å². The van der Waals surface area contributed by atoms with Gasteiger partial charge in [0.15, 0.2) is 0 Å². The van der Waals surface area contributed by atoms with Crippen LogP contribution in [0.2, 0.25) is 0 Å². The Hall–Kier alpha value is -2.64. The number of morpholine rings is 1.